The van der Waals surface area contributed by atoms with Crippen LogP contribution in [-0.4, -0.2) is 15.7 Å². The number of hydrogen-bond donors (Lipinski definition) is 1. The molecule has 0 radical (unpaired) electrons. The van der Waals surface area contributed by atoms with Crippen molar-refractivity contribution in [2.45, 2.75) is 20.6 Å². The SMILES string of the molecule is Cc1ccc(C)c(NC(=O)c2ccn(COc3cccc(Cl)c3)n2)c1. The van der Waals surface area contributed by atoms with Crippen molar-refractivity contribution in [3.63, 3.8) is 0 Å². The summed E-state index contributed by atoms with van der Waals surface area (Å²) in [6.45, 7) is 4.13. The summed E-state index contributed by atoms with van der Waals surface area (Å²) < 4.78 is 7.16. The molecule has 1 N–H and O–H groups in total. The van der Waals surface area contributed by atoms with Crippen molar-refractivity contribution in [1.29, 1.82) is 0 Å². The van der Waals surface area contributed by atoms with Gasteiger partial charge in [0.25, 0.3) is 5.91 Å². The van der Waals surface area contributed by atoms with Crippen LogP contribution < -0.4 is 10.1 Å². The van der Waals surface area contributed by atoms with Crippen LogP contribution in [0.3, 0.4) is 0 Å². The van der Waals surface area contributed by atoms with E-state index >= 15 is 0 Å². The molecule has 2 aromatic carbocycles. The minimum absolute atomic E-state index is 0.192. The van der Waals surface area contributed by atoms with Gasteiger partial charge in [-0.3, -0.25) is 4.79 Å². The normalized spacial score (nSPS) is 10.5. The molecule has 5 nitrogen and oxygen atoms in total. The summed E-state index contributed by atoms with van der Waals surface area (Å²) in [5.74, 6) is 0.389. The fraction of sp³-hybridized carbons (Fsp3) is 0.158. The number of anilines is 1. The Morgan fingerprint density at radius 1 is 1.20 bits per heavy atom. The minimum atomic E-state index is -0.254. The topological polar surface area (TPSA) is 56.2 Å². The Balaban J connectivity index is 1.64. The number of rotatable bonds is 5. The van der Waals surface area contributed by atoms with Gasteiger partial charge in [-0.25, -0.2) is 4.68 Å². The van der Waals surface area contributed by atoms with E-state index in [1.54, 1.807) is 29.1 Å². The fourth-order valence-corrected chi connectivity index (χ4v) is 2.49. The van der Waals surface area contributed by atoms with Gasteiger partial charge in [0, 0.05) is 16.9 Å². The number of ether oxygens (including phenoxy) is 1. The zero-order valence-electron chi connectivity index (χ0n) is 14.0. The average molecular weight is 356 g/mol. The Morgan fingerprint density at radius 3 is 2.84 bits per heavy atom. The van der Waals surface area contributed by atoms with Gasteiger partial charge in [-0.1, -0.05) is 29.8 Å². The van der Waals surface area contributed by atoms with Crippen molar-refractivity contribution in [2.24, 2.45) is 0 Å². The molecule has 0 fully saturated rings. The molecule has 3 rings (SSSR count). The minimum Gasteiger partial charge on any atom is -0.471 e. The molecule has 0 aliphatic carbocycles. The van der Waals surface area contributed by atoms with Gasteiger partial charge >= 0.3 is 0 Å². The van der Waals surface area contributed by atoms with Gasteiger partial charge < -0.3 is 10.1 Å². The molecular weight excluding hydrogens is 338 g/mol. The molecule has 1 amide bonds. The van der Waals surface area contributed by atoms with Gasteiger partial charge in [0.15, 0.2) is 12.4 Å². The molecule has 0 saturated heterocycles. The number of nitrogens with one attached hydrogen (secondary N) is 1. The van der Waals surface area contributed by atoms with Gasteiger partial charge in [-0.15, -0.1) is 0 Å². The third-order valence-corrected chi connectivity index (χ3v) is 3.91. The van der Waals surface area contributed by atoms with E-state index in [0.29, 0.717) is 16.5 Å². The number of halogens is 1. The lowest BCUT2D eigenvalue weighted by Gasteiger charge is -2.08. The first-order valence-electron chi connectivity index (χ1n) is 7.82. The van der Waals surface area contributed by atoms with Crippen LogP contribution in [-0.2, 0) is 6.73 Å². The zero-order valence-corrected chi connectivity index (χ0v) is 14.7. The number of aryl methyl sites for hydroxylation is 2. The summed E-state index contributed by atoms with van der Waals surface area (Å²) in [5, 5.41) is 7.73. The fourth-order valence-electron chi connectivity index (χ4n) is 2.31. The lowest BCUT2D eigenvalue weighted by Crippen LogP contribution is -2.15. The molecule has 6 heteroatoms. The van der Waals surface area contributed by atoms with Crippen molar-refractivity contribution in [1.82, 2.24) is 9.78 Å². The molecule has 0 bridgehead atoms. The number of carbonyl (C=O) groups excluding carboxylic acids is 1. The quantitative estimate of drug-likeness (QED) is 0.736. The number of nitrogens with zero attached hydrogens (tertiary/aromatic N) is 2. The lowest BCUT2D eigenvalue weighted by molar-refractivity contribution is 0.102. The molecule has 0 unspecified atom stereocenters. The summed E-state index contributed by atoms with van der Waals surface area (Å²) in [4.78, 5) is 12.4. The first kappa shape index (κ1) is 17.0. The maximum absolute atomic E-state index is 12.4. The Morgan fingerprint density at radius 2 is 2.04 bits per heavy atom. The van der Waals surface area contributed by atoms with Gasteiger partial charge in [0.05, 0.1) is 0 Å². The van der Waals surface area contributed by atoms with E-state index in [-0.39, 0.29) is 12.6 Å². The molecular formula is C19H18ClN3O2. The van der Waals surface area contributed by atoms with E-state index in [9.17, 15) is 4.79 Å². The molecule has 0 aliphatic rings. The van der Waals surface area contributed by atoms with Gasteiger partial charge in [0.2, 0.25) is 0 Å². The van der Waals surface area contributed by atoms with Crippen LogP contribution in [0.25, 0.3) is 0 Å². The zero-order chi connectivity index (χ0) is 17.8. The van der Waals surface area contributed by atoms with Gasteiger partial charge in [-0.05, 0) is 55.3 Å². The summed E-state index contributed by atoms with van der Waals surface area (Å²) in [5.41, 5.74) is 3.20. The second-order valence-corrected chi connectivity index (χ2v) is 6.18. The summed E-state index contributed by atoms with van der Waals surface area (Å²) in [6, 6.07) is 14.7. The van der Waals surface area contributed by atoms with Crippen LogP contribution in [0.2, 0.25) is 5.02 Å². The van der Waals surface area contributed by atoms with E-state index in [4.69, 9.17) is 16.3 Å². The highest BCUT2D eigenvalue weighted by atomic mass is 35.5. The molecule has 0 atom stereocenters. The number of hydrogen-bond acceptors (Lipinski definition) is 3. The van der Waals surface area contributed by atoms with Crippen molar-refractivity contribution in [3.05, 3.63) is 76.6 Å². The van der Waals surface area contributed by atoms with E-state index in [2.05, 4.69) is 10.4 Å². The van der Waals surface area contributed by atoms with Crippen LogP contribution in [0.5, 0.6) is 5.75 Å². The molecule has 0 saturated carbocycles. The summed E-state index contributed by atoms with van der Waals surface area (Å²) >= 11 is 5.92. The van der Waals surface area contributed by atoms with Crippen molar-refractivity contribution in [3.8, 4) is 5.75 Å². The highest BCUT2D eigenvalue weighted by Gasteiger charge is 2.11. The molecule has 128 valence electrons. The Bertz CT molecular complexity index is 905. The molecule has 0 spiro atoms. The van der Waals surface area contributed by atoms with E-state index < -0.39 is 0 Å². The van der Waals surface area contributed by atoms with Gasteiger partial charge in [0.1, 0.15) is 5.75 Å². The van der Waals surface area contributed by atoms with E-state index in [1.807, 2.05) is 44.2 Å². The second kappa shape index (κ2) is 7.40. The first-order chi connectivity index (χ1) is 12.0. The third kappa shape index (κ3) is 4.39. The maximum atomic E-state index is 12.4. The van der Waals surface area contributed by atoms with Crippen molar-refractivity contribution in [2.75, 3.05) is 5.32 Å². The standard InChI is InChI=1S/C19H18ClN3O2/c1-13-6-7-14(2)18(10-13)21-19(24)17-8-9-23(22-17)12-25-16-5-3-4-15(20)11-16/h3-11H,12H2,1-2H3,(H,21,24). The molecule has 0 aliphatic heterocycles. The largest absolute Gasteiger partial charge is 0.471 e. The number of benzene rings is 2. The molecule has 3 aromatic rings. The smallest absolute Gasteiger partial charge is 0.276 e. The van der Waals surface area contributed by atoms with Gasteiger partial charge in [-0.2, -0.15) is 5.10 Å². The molecule has 1 aromatic heterocycles. The number of amides is 1. The van der Waals surface area contributed by atoms with Crippen LogP contribution in [0.4, 0.5) is 5.69 Å². The maximum Gasteiger partial charge on any atom is 0.276 e. The Hall–Kier alpha value is -2.79. The highest BCUT2D eigenvalue weighted by molar-refractivity contribution is 6.30. The van der Waals surface area contributed by atoms with E-state index in [0.717, 1.165) is 16.8 Å². The van der Waals surface area contributed by atoms with E-state index in [1.165, 1.54) is 0 Å². The highest BCUT2D eigenvalue weighted by Crippen LogP contribution is 2.18. The second-order valence-electron chi connectivity index (χ2n) is 5.74. The molecule has 25 heavy (non-hydrogen) atoms. The van der Waals surface area contributed by atoms with Crippen LogP contribution >= 0.6 is 11.6 Å². The number of carbonyl (C=O) groups is 1. The van der Waals surface area contributed by atoms with Crippen LogP contribution in [0.15, 0.2) is 54.7 Å². The monoisotopic (exact) mass is 355 g/mol. The average Bonchev–Trinajstić information content (AvgIpc) is 3.05. The predicted molar refractivity (Wildman–Crippen MR) is 98.2 cm³/mol. The summed E-state index contributed by atoms with van der Waals surface area (Å²) in [6.07, 6.45) is 1.70. The van der Waals surface area contributed by atoms with Crippen LogP contribution in [0, 0.1) is 13.8 Å². The Kier molecular flexibility index (Phi) is 5.05. The summed E-state index contributed by atoms with van der Waals surface area (Å²) in [7, 11) is 0. The van der Waals surface area contributed by atoms with Crippen molar-refractivity contribution >= 4 is 23.2 Å². The predicted octanol–water partition coefficient (Wildman–Crippen LogP) is 4.44. The van der Waals surface area contributed by atoms with Crippen molar-refractivity contribution < 1.29 is 9.53 Å². The third-order valence-electron chi connectivity index (χ3n) is 3.67. The number of aromatic nitrogens is 2. The molecule has 1 heterocycles. The lowest BCUT2D eigenvalue weighted by atomic mass is 10.1. The van der Waals surface area contributed by atoms with Crippen LogP contribution in [0.1, 0.15) is 21.6 Å². The Labute approximate surface area is 151 Å². The first-order valence-corrected chi connectivity index (χ1v) is 8.19.